The molecule has 0 saturated carbocycles. The predicted octanol–water partition coefficient (Wildman–Crippen LogP) is 5.09. The standard InChI is InChI=1S/C20H14BrN3O2S/c1-13-23-18-9-7-14(21)11-17(18)20(25)24(13)22-12-15-8-10-19(26-15)27-16-5-3-2-4-6-16/h2-12H,1H3. The minimum absolute atomic E-state index is 0.222. The van der Waals surface area contributed by atoms with Crippen molar-refractivity contribution in [3.8, 4) is 0 Å². The van der Waals surface area contributed by atoms with E-state index in [4.69, 9.17) is 4.42 Å². The Morgan fingerprint density at radius 3 is 2.78 bits per heavy atom. The Kier molecular flexibility index (Phi) is 4.96. The first kappa shape index (κ1) is 17.8. The number of fused-ring (bicyclic) bond motifs is 1. The number of nitrogens with zero attached hydrogens (tertiary/aromatic N) is 3. The Morgan fingerprint density at radius 2 is 1.96 bits per heavy atom. The highest BCUT2D eigenvalue weighted by Crippen LogP contribution is 2.28. The Labute approximate surface area is 167 Å². The summed E-state index contributed by atoms with van der Waals surface area (Å²) in [5.41, 5.74) is 0.423. The number of furan rings is 1. The number of aromatic nitrogens is 2. The van der Waals surface area contributed by atoms with Crippen LogP contribution in [0.15, 0.2) is 89.4 Å². The molecule has 4 rings (SSSR count). The van der Waals surface area contributed by atoms with Crippen LogP contribution in [0.3, 0.4) is 0 Å². The molecule has 2 aromatic carbocycles. The van der Waals surface area contributed by atoms with Gasteiger partial charge in [0.15, 0.2) is 5.09 Å². The molecule has 0 N–H and O–H groups in total. The van der Waals surface area contributed by atoms with Crippen LogP contribution in [0.5, 0.6) is 0 Å². The second kappa shape index (κ2) is 7.54. The summed E-state index contributed by atoms with van der Waals surface area (Å²) in [5.74, 6) is 1.07. The summed E-state index contributed by atoms with van der Waals surface area (Å²) >= 11 is 4.91. The molecule has 0 aliphatic carbocycles. The molecule has 0 spiro atoms. The van der Waals surface area contributed by atoms with Gasteiger partial charge >= 0.3 is 0 Å². The van der Waals surface area contributed by atoms with Gasteiger partial charge in [-0.1, -0.05) is 45.9 Å². The van der Waals surface area contributed by atoms with Gasteiger partial charge in [0, 0.05) is 9.37 Å². The summed E-state index contributed by atoms with van der Waals surface area (Å²) in [6.07, 6.45) is 1.52. The van der Waals surface area contributed by atoms with Gasteiger partial charge in [-0.25, -0.2) is 4.98 Å². The lowest BCUT2D eigenvalue weighted by Crippen LogP contribution is -2.20. The second-order valence-electron chi connectivity index (χ2n) is 5.75. The van der Waals surface area contributed by atoms with Gasteiger partial charge in [-0.15, -0.1) is 0 Å². The number of benzene rings is 2. The zero-order valence-electron chi connectivity index (χ0n) is 14.3. The molecule has 0 radical (unpaired) electrons. The van der Waals surface area contributed by atoms with Crippen molar-refractivity contribution in [1.29, 1.82) is 0 Å². The Morgan fingerprint density at radius 1 is 1.15 bits per heavy atom. The fourth-order valence-electron chi connectivity index (χ4n) is 2.57. The molecule has 2 aromatic heterocycles. The van der Waals surface area contributed by atoms with E-state index >= 15 is 0 Å². The van der Waals surface area contributed by atoms with Gasteiger partial charge in [0.25, 0.3) is 5.56 Å². The number of hydrogen-bond donors (Lipinski definition) is 0. The van der Waals surface area contributed by atoms with Crippen molar-refractivity contribution in [3.63, 3.8) is 0 Å². The van der Waals surface area contributed by atoms with Crippen molar-refractivity contribution in [2.75, 3.05) is 0 Å². The molecular formula is C20H14BrN3O2S. The third-order valence-electron chi connectivity index (χ3n) is 3.83. The van der Waals surface area contributed by atoms with Crippen LogP contribution in [0.2, 0.25) is 0 Å². The fraction of sp³-hybridized carbons (Fsp3) is 0.0500. The predicted molar refractivity (Wildman–Crippen MR) is 111 cm³/mol. The minimum Gasteiger partial charge on any atom is -0.448 e. The van der Waals surface area contributed by atoms with Gasteiger partial charge in [0.05, 0.1) is 17.1 Å². The molecule has 0 atom stereocenters. The van der Waals surface area contributed by atoms with Crippen molar-refractivity contribution in [3.05, 3.63) is 87.1 Å². The van der Waals surface area contributed by atoms with E-state index in [1.54, 1.807) is 13.0 Å². The number of rotatable bonds is 4. The lowest BCUT2D eigenvalue weighted by atomic mass is 10.2. The molecule has 134 valence electrons. The molecule has 0 amide bonds. The number of aryl methyl sites for hydroxylation is 1. The van der Waals surface area contributed by atoms with E-state index in [1.807, 2.05) is 54.6 Å². The van der Waals surface area contributed by atoms with Crippen LogP contribution in [0.4, 0.5) is 0 Å². The zero-order chi connectivity index (χ0) is 18.8. The van der Waals surface area contributed by atoms with Crippen molar-refractivity contribution >= 4 is 44.8 Å². The molecule has 27 heavy (non-hydrogen) atoms. The van der Waals surface area contributed by atoms with Crippen LogP contribution < -0.4 is 5.56 Å². The van der Waals surface area contributed by atoms with E-state index < -0.39 is 0 Å². The molecular weight excluding hydrogens is 426 g/mol. The van der Waals surface area contributed by atoms with Gasteiger partial charge < -0.3 is 4.42 Å². The molecule has 4 aromatic rings. The van der Waals surface area contributed by atoms with Crippen molar-refractivity contribution in [2.24, 2.45) is 5.10 Å². The molecule has 0 saturated heterocycles. The Balaban J connectivity index is 1.63. The van der Waals surface area contributed by atoms with E-state index in [2.05, 4.69) is 26.0 Å². The summed E-state index contributed by atoms with van der Waals surface area (Å²) in [6, 6.07) is 19.1. The average molecular weight is 440 g/mol. The zero-order valence-corrected chi connectivity index (χ0v) is 16.7. The molecule has 0 unspecified atom stereocenters. The third kappa shape index (κ3) is 3.89. The third-order valence-corrected chi connectivity index (χ3v) is 5.26. The number of hydrogen-bond acceptors (Lipinski definition) is 5. The largest absolute Gasteiger partial charge is 0.448 e. The highest BCUT2D eigenvalue weighted by Gasteiger charge is 2.08. The normalized spacial score (nSPS) is 11.5. The molecule has 0 aliphatic rings. The number of halogens is 1. The smallest absolute Gasteiger partial charge is 0.282 e. The van der Waals surface area contributed by atoms with Crippen LogP contribution in [-0.2, 0) is 0 Å². The summed E-state index contributed by atoms with van der Waals surface area (Å²) in [5, 5.41) is 5.54. The van der Waals surface area contributed by atoms with E-state index in [9.17, 15) is 4.79 Å². The van der Waals surface area contributed by atoms with Gasteiger partial charge in [-0.3, -0.25) is 4.79 Å². The highest BCUT2D eigenvalue weighted by atomic mass is 79.9. The minimum atomic E-state index is -0.222. The molecule has 0 bridgehead atoms. The fourth-order valence-corrected chi connectivity index (χ4v) is 3.73. The molecule has 5 nitrogen and oxygen atoms in total. The molecule has 0 aliphatic heterocycles. The van der Waals surface area contributed by atoms with E-state index in [0.717, 1.165) is 14.5 Å². The first-order chi connectivity index (χ1) is 13.1. The summed E-state index contributed by atoms with van der Waals surface area (Å²) in [7, 11) is 0. The summed E-state index contributed by atoms with van der Waals surface area (Å²) < 4.78 is 7.87. The van der Waals surface area contributed by atoms with Gasteiger partial charge in [-0.2, -0.15) is 9.78 Å². The van der Waals surface area contributed by atoms with Crippen LogP contribution in [0, 0.1) is 6.92 Å². The maximum absolute atomic E-state index is 12.7. The SMILES string of the molecule is Cc1nc2ccc(Br)cc2c(=O)n1N=Cc1ccc(Sc2ccccc2)o1. The molecule has 7 heteroatoms. The molecule has 0 fully saturated rings. The summed E-state index contributed by atoms with van der Waals surface area (Å²) in [6.45, 7) is 1.75. The van der Waals surface area contributed by atoms with E-state index in [-0.39, 0.29) is 5.56 Å². The maximum Gasteiger partial charge on any atom is 0.282 e. The first-order valence-corrected chi connectivity index (χ1v) is 9.77. The average Bonchev–Trinajstić information content (AvgIpc) is 3.10. The highest BCUT2D eigenvalue weighted by molar-refractivity contribution is 9.10. The van der Waals surface area contributed by atoms with Crippen molar-refractivity contribution in [2.45, 2.75) is 16.9 Å². The Hall–Kier alpha value is -2.64. The second-order valence-corrected chi connectivity index (χ2v) is 7.75. The van der Waals surface area contributed by atoms with Crippen LogP contribution in [-0.4, -0.2) is 15.9 Å². The topological polar surface area (TPSA) is 60.4 Å². The quantitative estimate of drug-likeness (QED) is 0.415. The lowest BCUT2D eigenvalue weighted by molar-refractivity contribution is 0.468. The van der Waals surface area contributed by atoms with Gasteiger partial charge in [0.1, 0.15) is 11.6 Å². The summed E-state index contributed by atoms with van der Waals surface area (Å²) in [4.78, 5) is 18.3. The maximum atomic E-state index is 12.7. The van der Waals surface area contributed by atoms with E-state index in [1.165, 1.54) is 22.7 Å². The van der Waals surface area contributed by atoms with Crippen molar-refractivity contribution in [1.82, 2.24) is 9.66 Å². The van der Waals surface area contributed by atoms with Gasteiger partial charge in [-0.05, 0) is 49.4 Å². The van der Waals surface area contributed by atoms with Crippen molar-refractivity contribution < 1.29 is 4.42 Å². The van der Waals surface area contributed by atoms with E-state index in [0.29, 0.717) is 22.5 Å². The lowest BCUT2D eigenvalue weighted by Gasteiger charge is -2.05. The first-order valence-electron chi connectivity index (χ1n) is 8.16. The Bertz CT molecular complexity index is 1200. The monoisotopic (exact) mass is 439 g/mol. The van der Waals surface area contributed by atoms with Crippen LogP contribution in [0.25, 0.3) is 10.9 Å². The molecule has 2 heterocycles. The van der Waals surface area contributed by atoms with Crippen LogP contribution >= 0.6 is 27.7 Å². The van der Waals surface area contributed by atoms with Crippen LogP contribution in [0.1, 0.15) is 11.6 Å². The van der Waals surface area contributed by atoms with Gasteiger partial charge in [0.2, 0.25) is 0 Å².